The van der Waals surface area contributed by atoms with E-state index in [0.29, 0.717) is 19.8 Å². The van der Waals surface area contributed by atoms with Crippen LogP contribution in [-0.2, 0) is 11.2 Å². The molecule has 2 aromatic carbocycles. The Bertz CT molecular complexity index is 761. The van der Waals surface area contributed by atoms with Crippen LogP contribution in [0.1, 0.15) is 18.4 Å². The van der Waals surface area contributed by atoms with Gasteiger partial charge in [0.1, 0.15) is 5.75 Å². The molecule has 0 unspecified atom stereocenters. The van der Waals surface area contributed by atoms with Crippen molar-refractivity contribution in [3.63, 3.8) is 0 Å². The van der Waals surface area contributed by atoms with Gasteiger partial charge in [-0.05, 0) is 43.0 Å². The normalized spacial score (nSPS) is 15.9. The van der Waals surface area contributed by atoms with Gasteiger partial charge in [0.25, 0.3) is 0 Å². The molecule has 0 spiro atoms. The highest BCUT2D eigenvalue weighted by Gasteiger charge is 2.25. The molecule has 1 aliphatic rings. The molecule has 1 atom stereocenters. The smallest absolute Gasteiger partial charge is 0.225 e. The van der Waals surface area contributed by atoms with Crippen molar-refractivity contribution in [1.82, 2.24) is 4.90 Å². The lowest BCUT2D eigenvalue weighted by atomic mass is 9.95. The molecule has 27 heavy (non-hydrogen) atoms. The quantitative estimate of drug-likeness (QED) is 0.700. The van der Waals surface area contributed by atoms with Crippen LogP contribution in [0.3, 0.4) is 0 Å². The molecule has 0 bridgehead atoms. The lowest BCUT2D eigenvalue weighted by Gasteiger charge is -2.22. The largest absolute Gasteiger partial charge is 0.493 e. The molecule has 0 saturated heterocycles. The second kappa shape index (κ2) is 9.31. The van der Waals surface area contributed by atoms with Crippen molar-refractivity contribution in [1.29, 1.82) is 0 Å². The van der Waals surface area contributed by atoms with E-state index in [9.17, 15) is 4.79 Å². The maximum Gasteiger partial charge on any atom is 0.225 e. The van der Waals surface area contributed by atoms with E-state index in [1.807, 2.05) is 60.5 Å². The number of ether oxygens (including phenoxy) is 3. The van der Waals surface area contributed by atoms with E-state index in [4.69, 9.17) is 14.2 Å². The summed E-state index contributed by atoms with van der Waals surface area (Å²) in [7, 11) is 3.49. The number of carbonyl (C=O) groups is 1. The Hall–Kier alpha value is -2.69. The number of rotatable bonds is 7. The third-order valence-corrected chi connectivity index (χ3v) is 4.85. The van der Waals surface area contributed by atoms with Gasteiger partial charge in [-0.1, -0.05) is 30.3 Å². The summed E-state index contributed by atoms with van der Waals surface area (Å²) in [6, 6.07) is 15.6. The summed E-state index contributed by atoms with van der Waals surface area (Å²) in [5.41, 5.74) is 1.11. The van der Waals surface area contributed by atoms with Crippen LogP contribution < -0.4 is 14.2 Å². The van der Waals surface area contributed by atoms with E-state index >= 15 is 0 Å². The van der Waals surface area contributed by atoms with Crippen molar-refractivity contribution < 1.29 is 19.0 Å². The summed E-state index contributed by atoms with van der Waals surface area (Å²) in [5.74, 6) is 2.49. The molecule has 1 heterocycles. The molecule has 0 fully saturated rings. The highest BCUT2D eigenvalue weighted by Crippen LogP contribution is 2.28. The van der Waals surface area contributed by atoms with E-state index in [1.165, 1.54) is 0 Å². The van der Waals surface area contributed by atoms with Crippen LogP contribution in [0.5, 0.6) is 17.2 Å². The Kier molecular flexibility index (Phi) is 6.58. The predicted molar refractivity (Wildman–Crippen MR) is 104 cm³/mol. The first kappa shape index (κ1) is 19.1. The topological polar surface area (TPSA) is 48.0 Å². The van der Waals surface area contributed by atoms with Gasteiger partial charge in [-0.2, -0.15) is 0 Å². The molecule has 5 nitrogen and oxygen atoms in total. The summed E-state index contributed by atoms with van der Waals surface area (Å²) in [5, 5.41) is 0. The molecule has 0 aliphatic carbocycles. The van der Waals surface area contributed by atoms with Gasteiger partial charge in [-0.15, -0.1) is 0 Å². The Labute approximate surface area is 160 Å². The van der Waals surface area contributed by atoms with Crippen molar-refractivity contribution >= 4 is 5.91 Å². The first-order chi connectivity index (χ1) is 13.2. The molecule has 0 aromatic heterocycles. The molecule has 5 heteroatoms. The van der Waals surface area contributed by atoms with Gasteiger partial charge >= 0.3 is 0 Å². The van der Waals surface area contributed by atoms with Crippen molar-refractivity contribution in [2.45, 2.75) is 19.3 Å². The number of nitrogens with zero attached hydrogens (tertiary/aromatic N) is 1. The maximum absolute atomic E-state index is 12.8. The molecular weight excluding hydrogens is 342 g/mol. The van der Waals surface area contributed by atoms with Gasteiger partial charge < -0.3 is 19.1 Å². The first-order valence-electron chi connectivity index (χ1n) is 9.40. The summed E-state index contributed by atoms with van der Waals surface area (Å²) in [6.07, 6.45) is 2.24. The Morgan fingerprint density at radius 2 is 1.89 bits per heavy atom. The number of carbonyl (C=O) groups excluding carboxylic acids is 1. The summed E-state index contributed by atoms with van der Waals surface area (Å²) in [6.45, 7) is 1.78. The molecule has 3 rings (SSSR count). The second-order valence-electron chi connectivity index (χ2n) is 6.76. The molecule has 0 N–H and O–H groups in total. The first-order valence-corrected chi connectivity index (χ1v) is 9.40. The van der Waals surface area contributed by atoms with Crippen LogP contribution in [0.2, 0.25) is 0 Å². The molecule has 0 saturated carbocycles. The number of fused-ring (bicyclic) bond motifs is 1. The summed E-state index contributed by atoms with van der Waals surface area (Å²) in [4.78, 5) is 14.6. The third kappa shape index (κ3) is 4.94. The number of methoxy groups -OCH3 is 1. The van der Waals surface area contributed by atoms with E-state index in [-0.39, 0.29) is 11.8 Å². The average Bonchev–Trinajstić information content (AvgIpc) is 2.93. The SMILES string of the molecule is COc1ccccc1OCCCN(C)C(=O)[C@H]1CCOc2ccccc2C1. The molecule has 0 radical (unpaired) electrons. The van der Waals surface area contributed by atoms with Gasteiger partial charge in [-0.3, -0.25) is 4.79 Å². The lowest BCUT2D eigenvalue weighted by Crippen LogP contribution is -2.35. The minimum absolute atomic E-state index is 0.0335. The van der Waals surface area contributed by atoms with Crippen molar-refractivity contribution in [2.75, 3.05) is 33.9 Å². The second-order valence-corrected chi connectivity index (χ2v) is 6.76. The van der Waals surface area contributed by atoms with E-state index < -0.39 is 0 Å². The summed E-state index contributed by atoms with van der Waals surface area (Å²) < 4.78 is 16.8. The molecule has 1 amide bonds. The zero-order chi connectivity index (χ0) is 19.1. The number of hydrogen-bond acceptors (Lipinski definition) is 4. The van der Waals surface area contributed by atoms with Crippen molar-refractivity contribution in [3.05, 3.63) is 54.1 Å². The van der Waals surface area contributed by atoms with Crippen LogP contribution in [-0.4, -0.2) is 44.7 Å². The van der Waals surface area contributed by atoms with Crippen LogP contribution >= 0.6 is 0 Å². The van der Waals surface area contributed by atoms with Gasteiger partial charge in [0.15, 0.2) is 11.5 Å². The lowest BCUT2D eigenvalue weighted by molar-refractivity contribution is -0.134. The summed E-state index contributed by atoms with van der Waals surface area (Å²) >= 11 is 0. The van der Waals surface area contributed by atoms with Crippen LogP contribution in [0, 0.1) is 5.92 Å². The standard InChI is InChI=1S/C22H27NO4/c1-23(13-7-14-26-21-11-6-5-10-20(21)25-2)22(24)18-12-15-27-19-9-4-3-8-17(19)16-18/h3-6,8-11,18H,7,12-16H2,1-2H3/t18-/m0/s1. The fourth-order valence-corrected chi connectivity index (χ4v) is 3.35. The molecular formula is C22H27NO4. The maximum atomic E-state index is 12.8. The number of benzene rings is 2. The minimum atomic E-state index is -0.0335. The number of para-hydroxylation sites is 3. The fraction of sp³-hybridized carbons (Fsp3) is 0.409. The van der Waals surface area contributed by atoms with Crippen molar-refractivity contribution in [3.8, 4) is 17.2 Å². The van der Waals surface area contributed by atoms with Crippen molar-refractivity contribution in [2.24, 2.45) is 5.92 Å². The van der Waals surface area contributed by atoms with Gasteiger partial charge in [0.05, 0.1) is 20.3 Å². The molecule has 144 valence electrons. The Balaban J connectivity index is 1.48. The van der Waals surface area contributed by atoms with Gasteiger partial charge in [-0.25, -0.2) is 0 Å². The molecule has 2 aromatic rings. The van der Waals surface area contributed by atoms with Gasteiger partial charge in [0.2, 0.25) is 5.91 Å². The van der Waals surface area contributed by atoms with Gasteiger partial charge in [0, 0.05) is 19.5 Å². The molecule has 1 aliphatic heterocycles. The highest BCUT2D eigenvalue weighted by molar-refractivity contribution is 5.79. The van der Waals surface area contributed by atoms with Crippen LogP contribution in [0.15, 0.2) is 48.5 Å². The Morgan fingerprint density at radius 3 is 2.70 bits per heavy atom. The van der Waals surface area contributed by atoms with E-state index in [2.05, 4.69) is 0 Å². The number of hydrogen-bond donors (Lipinski definition) is 0. The monoisotopic (exact) mass is 369 g/mol. The predicted octanol–water partition coefficient (Wildman–Crippen LogP) is 3.56. The zero-order valence-corrected chi connectivity index (χ0v) is 16.0. The average molecular weight is 369 g/mol. The van der Waals surface area contributed by atoms with Crippen LogP contribution in [0.25, 0.3) is 0 Å². The number of amides is 1. The fourth-order valence-electron chi connectivity index (χ4n) is 3.35. The zero-order valence-electron chi connectivity index (χ0n) is 16.0. The van der Waals surface area contributed by atoms with E-state index in [0.717, 1.165) is 42.1 Å². The third-order valence-electron chi connectivity index (χ3n) is 4.85. The Morgan fingerprint density at radius 1 is 1.15 bits per heavy atom. The van der Waals surface area contributed by atoms with Crippen LogP contribution in [0.4, 0.5) is 0 Å². The highest BCUT2D eigenvalue weighted by atomic mass is 16.5. The van der Waals surface area contributed by atoms with E-state index in [1.54, 1.807) is 7.11 Å². The minimum Gasteiger partial charge on any atom is -0.493 e.